The van der Waals surface area contributed by atoms with Gasteiger partial charge in [0, 0.05) is 41.2 Å². The molecule has 4 aromatic carbocycles. The molecule has 0 unspecified atom stereocenters. The molecule has 0 saturated carbocycles. The Kier molecular flexibility index (Phi) is 7.95. The Balaban J connectivity index is 0.000000187. The van der Waals surface area contributed by atoms with Crippen LogP contribution in [-0.4, -0.2) is 54.2 Å². The summed E-state index contributed by atoms with van der Waals surface area (Å²) >= 11 is 1.39. The van der Waals surface area contributed by atoms with Crippen LogP contribution in [0.5, 0.6) is 0 Å². The minimum absolute atomic E-state index is 0.0542. The second-order valence-electron chi connectivity index (χ2n) is 9.80. The SMILES string of the molecule is COSc1ccc2ccccc2c1.O=C(c1ccc2nc(-c3cccc4c3CCC=C4)[nH]c2c1)N1CCOCC1. The smallest absolute Gasteiger partial charge is 0.254 e. The molecule has 0 radical (unpaired) electrons. The number of hydrogen-bond acceptors (Lipinski definition) is 5. The van der Waals surface area contributed by atoms with E-state index in [4.69, 9.17) is 13.9 Å². The molecule has 1 amide bonds. The number of fused-ring (bicyclic) bond motifs is 3. The summed E-state index contributed by atoms with van der Waals surface area (Å²) in [5.74, 6) is 0.923. The lowest BCUT2D eigenvalue weighted by molar-refractivity contribution is 0.0303. The number of H-pyrrole nitrogens is 1. The Bertz CT molecular complexity index is 1690. The number of nitrogens with one attached hydrogen (secondary N) is 1. The van der Waals surface area contributed by atoms with Crippen LogP contribution in [0.2, 0.25) is 0 Å². The number of aromatic nitrogens is 2. The molecule has 1 saturated heterocycles. The van der Waals surface area contributed by atoms with E-state index in [1.165, 1.54) is 33.9 Å². The molecule has 7 heteroatoms. The van der Waals surface area contributed by atoms with Crippen molar-refractivity contribution < 1.29 is 13.7 Å². The largest absolute Gasteiger partial charge is 0.378 e. The number of allylic oxidation sites excluding steroid dienone is 1. The van der Waals surface area contributed by atoms with Gasteiger partial charge in [0.05, 0.1) is 31.4 Å². The van der Waals surface area contributed by atoms with Crippen molar-refractivity contribution in [2.75, 3.05) is 33.4 Å². The maximum atomic E-state index is 12.7. The average molecular weight is 550 g/mol. The van der Waals surface area contributed by atoms with Crippen LogP contribution in [0, 0.1) is 0 Å². The molecule has 40 heavy (non-hydrogen) atoms. The van der Waals surface area contributed by atoms with Crippen LogP contribution in [0.15, 0.2) is 89.8 Å². The summed E-state index contributed by atoms with van der Waals surface area (Å²) in [6.07, 6.45) is 6.49. The van der Waals surface area contributed by atoms with Gasteiger partial charge in [-0.25, -0.2) is 4.98 Å². The number of carbonyl (C=O) groups excluding carboxylic acids is 1. The third-order valence-electron chi connectivity index (χ3n) is 7.25. The van der Waals surface area contributed by atoms with E-state index < -0.39 is 0 Å². The van der Waals surface area contributed by atoms with Crippen molar-refractivity contribution in [3.63, 3.8) is 0 Å². The third-order valence-corrected chi connectivity index (χ3v) is 7.87. The second kappa shape index (κ2) is 12.1. The summed E-state index contributed by atoms with van der Waals surface area (Å²) in [7, 11) is 1.68. The lowest BCUT2D eigenvalue weighted by Crippen LogP contribution is -2.40. The molecule has 0 bridgehead atoms. The van der Waals surface area contributed by atoms with Crippen molar-refractivity contribution in [2.45, 2.75) is 17.7 Å². The Hall–Kier alpha value is -3.91. The zero-order valence-corrected chi connectivity index (χ0v) is 23.2. The normalized spacial score (nSPS) is 14.6. The topological polar surface area (TPSA) is 67.5 Å². The number of carbonyl (C=O) groups is 1. The summed E-state index contributed by atoms with van der Waals surface area (Å²) in [5, 5.41) is 2.52. The molecule has 2 aliphatic rings. The highest BCUT2D eigenvalue weighted by Crippen LogP contribution is 2.30. The van der Waals surface area contributed by atoms with Gasteiger partial charge in [-0.05, 0) is 65.1 Å². The van der Waals surface area contributed by atoms with Crippen LogP contribution in [-0.2, 0) is 15.3 Å². The van der Waals surface area contributed by atoms with Crippen molar-refractivity contribution in [3.05, 3.63) is 102 Å². The molecule has 1 aliphatic carbocycles. The van der Waals surface area contributed by atoms with Gasteiger partial charge < -0.3 is 18.8 Å². The molecular weight excluding hydrogens is 518 g/mol. The Morgan fingerprint density at radius 2 is 1.82 bits per heavy atom. The molecule has 0 atom stereocenters. The number of aromatic amines is 1. The fourth-order valence-corrected chi connectivity index (χ4v) is 5.73. The van der Waals surface area contributed by atoms with Crippen molar-refractivity contribution >= 4 is 45.8 Å². The second-order valence-corrected chi connectivity index (χ2v) is 10.8. The Morgan fingerprint density at radius 3 is 2.67 bits per heavy atom. The molecule has 5 aromatic rings. The minimum Gasteiger partial charge on any atom is -0.378 e. The quantitative estimate of drug-likeness (QED) is 0.241. The van der Waals surface area contributed by atoms with E-state index in [2.05, 4.69) is 65.7 Å². The molecule has 202 valence electrons. The van der Waals surface area contributed by atoms with Gasteiger partial charge in [-0.15, -0.1) is 0 Å². The van der Waals surface area contributed by atoms with Gasteiger partial charge in [0.1, 0.15) is 5.82 Å². The monoisotopic (exact) mass is 549 g/mol. The van der Waals surface area contributed by atoms with Crippen LogP contribution in [0.4, 0.5) is 0 Å². The first-order valence-corrected chi connectivity index (χ1v) is 14.3. The fourth-order valence-electron chi connectivity index (χ4n) is 5.23. The van der Waals surface area contributed by atoms with Crippen LogP contribution < -0.4 is 0 Å². The zero-order valence-electron chi connectivity index (χ0n) is 22.4. The lowest BCUT2D eigenvalue weighted by Gasteiger charge is -2.26. The van der Waals surface area contributed by atoms with E-state index >= 15 is 0 Å². The van der Waals surface area contributed by atoms with Crippen LogP contribution in [0.1, 0.15) is 27.9 Å². The molecule has 1 aliphatic heterocycles. The van der Waals surface area contributed by atoms with Crippen molar-refractivity contribution in [3.8, 4) is 11.4 Å². The standard InChI is InChI=1S/C22H21N3O2.C11H10OS/c26-22(25-10-12-27-13-11-25)16-8-9-19-20(14-16)24-21(23-19)18-7-3-5-15-4-1-2-6-17(15)18;1-12-13-11-7-6-9-4-2-3-5-10(9)8-11/h1,3-5,7-9,14H,2,6,10-13H2,(H,23,24);2-8H,1H3. The van der Waals surface area contributed by atoms with E-state index in [9.17, 15) is 4.79 Å². The van der Waals surface area contributed by atoms with E-state index in [0.717, 1.165) is 40.2 Å². The van der Waals surface area contributed by atoms with Gasteiger partial charge in [-0.2, -0.15) is 0 Å². The van der Waals surface area contributed by atoms with Crippen molar-refractivity contribution in [1.29, 1.82) is 0 Å². The van der Waals surface area contributed by atoms with Gasteiger partial charge in [-0.3, -0.25) is 4.79 Å². The molecule has 0 spiro atoms. The molecule has 1 fully saturated rings. The number of ether oxygens (including phenoxy) is 1. The number of imidazole rings is 1. The number of amides is 1. The summed E-state index contributed by atoms with van der Waals surface area (Å²) in [4.78, 5) is 23.9. The minimum atomic E-state index is 0.0542. The van der Waals surface area contributed by atoms with Gasteiger partial charge in [0.25, 0.3) is 5.91 Å². The molecular formula is C33H31N3O3S. The first kappa shape index (κ1) is 26.3. The summed E-state index contributed by atoms with van der Waals surface area (Å²) in [6, 6.07) is 26.7. The highest BCUT2D eigenvalue weighted by molar-refractivity contribution is 7.94. The number of hydrogen-bond donors (Lipinski definition) is 1. The van der Waals surface area contributed by atoms with E-state index in [1.807, 2.05) is 35.2 Å². The number of morpholine rings is 1. The number of rotatable bonds is 4. The molecule has 7 rings (SSSR count). The van der Waals surface area contributed by atoms with E-state index in [1.54, 1.807) is 7.11 Å². The van der Waals surface area contributed by atoms with E-state index in [-0.39, 0.29) is 5.91 Å². The Morgan fingerprint density at radius 1 is 0.975 bits per heavy atom. The number of nitrogens with zero attached hydrogens (tertiary/aromatic N) is 2. The number of benzene rings is 4. The molecule has 1 N–H and O–H groups in total. The molecule has 2 heterocycles. The predicted octanol–water partition coefficient (Wildman–Crippen LogP) is 7.16. The first-order valence-electron chi connectivity index (χ1n) is 13.5. The van der Waals surface area contributed by atoms with Gasteiger partial charge in [-0.1, -0.05) is 60.7 Å². The first-order chi connectivity index (χ1) is 19.7. The predicted molar refractivity (Wildman–Crippen MR) is 162 cm³/mol. The van der Waals surface area contributed by atoms with Crippen LogP contribution >= 0.6 is 12.0 Å². The van der Waals surface area contributed by atoms with E-state index in [0.29, 0.717) is 31.9 Å². The third kappa shape index (κ3) is 5.68. The van der Waals surface area contributed by atoms with Gasteiger partial charge >= 0.3 is 0 Å². The van der Waals surface area contributed by atoms with Crippen LogP contribution in [0.3, 0.4) is 0 Å². The van der Waals surface area contributed by atoms with Gasteiger partial charge in [0.2, 0.25) is 0 Å². The van der Waals surface area contributed by atoms with Crippen molar-refractivity contribution in [2.24, 2.45) is 0 Å². The maximum absolute atomic E-state index is 12.7. The highest BCUT2D eigenvalue weighted by atomic mass is 32.2. The maximum Gasteiger partial charge on any atom is 0.254 e. The zero-order chi connectivity index (χ0) is 27.3. The Labute approximate surface area is 238 Å². The average Bonchev–Trinajstić information content (AvgIpc) is 3.45. The summed E-state index contributed by atoms with van der Waals surface area (Å²) in [6.45, 7) is 2.51. The molecule has 6 nitrogen and oxygen atoms in total. The van der Waals surface area contributed by atoms with Crippen LogP contribution in [0.25, 0.3) is 39.3 Å². The summed E-state index contributed by atoms with van der Waals surface area (Å²) in [5.41, 5.74) is 6.22. The molecule has 1 aromatic heterocycles. The summed E-state index contributed by atoms with van der Waals surface area (Å²) < 4.78 is 10.3. The highest BCUT2D eigenvalue weighted by Gasteiger charge is 2.20. The fraction of sp³-hybridized carbons (Fsp3) is 0.212. The van der Waals surface area contributed by atoms with Gasteiger partial charge in [0.15, 0.2) is 0 Å². The van der Waals surface area contributed by atoms with Crippen molar-refractivity contribution in [1.82, 2.24) is 14.9 Å². The lowest BCUT2D eigenvalue weighted by atomic mass is 9.92.